The average Bonchev–Trinajstić information content (AvgIpc) is 3.03. The van der Waals surface area contributed by atoms with Gasteiger partial charge in [-0.15, -0.1) is 10.2 Å². The van der Waals surface area contributed by atoms with E-state index in [0.29, 0.717) is 25.5 Å². The summed E-state index contributed by atoms with van der Waals surface area (Å²) in [4.78, 5) is 12.1. The predicted octanol–water partition coefficient (Wildman–Crippen LogP) is 2.36. The number of nitriles is 1. The highest BCUT2D eigenvalue weighted by atomic mass is 32.2. The highest BCUT2D eigenvalue weighted by Gasteiger charge is 2.19. The van der Waals surface area contributed by atoms with Crippen molar-refractivity contribution in [1.82, 2.24) is 15.5 Å². The molecule has 0 atom stereocenters. The Kier molecular flexibility index (Phi) is 9.37. The Labute approximate surface area is 150 Å². The molecule has 0 saturated heterocycles. The third kappa shape index (κ3) is 6.47. The zero-order valence-electron chi connectivity index (χ0n) is 14.3. The molecule has 0 amide bonds. The van der Waals surface area contributed by atoms with Gasteiger partial charge in [0.05, 0.1) is 13.2 Å². The number of rotatable bonds is 10. The molecule has 1 rings (SSSR count). The van der Waals surface area contributed by atoms with E-state index in [1.54, 1.807) is 0 Å². The topological polar surface area (TPSA) is 97.1 Å². The first-order valence-electron chi connectivity index (χ1n) is 7.52. The fourth-order valence-corrected chi connectivity index (χ4v) is 3.02. The zero-order valence-corrected chi connectivity index (χ0v) is 15.9. The third-order valence-corrected chi connectivity index (χ3v) is 4.78. The molecule has 1 aromatic heterocycles. The van der Waals surface area contributed by atoms with Crippen LogP contribution in [0.5, 0.6) is 0 Å². The lowest BCUT2D eigenvalue weighted by Gasteiger charge is -2.15. The number of hydrogen-bond donors (Lipinski definition) is 1. The van der Waals surface area contributed by atoms with Gasteiger partial charge in [-0.3, -0.25) is 0 Å². The van der Waals surface area contributed by atoms with E-state index in [9.17, 15) is 10.1 Å². The number of carbonyl (C=O) groups excluding carboxylic acids is 1. The second-order valence-corrected chi connectivity index (χ2v) is 7.02. The van der Waals surface area contributed by atoms with E-state index in [4.69, 9.17) is 9.47 Å². The van der Waals surface area contributed by atoms with Crippen molar-refractivity contribution in [3.05, 3.63) is 16.3 Å². The number of nitrogens with one attached hydrogen (secondary N) is 1. The minimum atomic E-state index is -0.643. The van der Waals surface area contributed by atoms with Gasteiger partial charge in [-0.1, -0.05) is 36.9 Å². The maximum absolute atomic E-state index is 12.1. The molecular weight excluding hydrogens is 348 g/mol. The number of allylic oxidation sites excluding steroid dienone is 1. The fraction of sp³-hybridized carbons (Fsp3) is 0.600. The number of thioether (sulfide) groups is 1. The summed E-state index contributed by atoms with van der Waals surface area (Å²) in [7, 11) is 0. The second-order valence-electron chi connectivity index (χ2n) is 4.91. The number of ether oxygens (including phenoxy) is 2. The summed E-state index contributed by atoms with van der Waals surface area (Å²) in [5, 5.41) is 21.4. The summed E-state index contributed by atoms with van der Waals surface area (Å²) in [6.07, 6.45) is 1.93. The molecule has 1 aromatic rings. The van der Waals surface area contributed by atoms with Crippen LogP contribution in [0.25, 0.3) is 0 Å². The van der Waals surface area contributed by atoms with Crippen molar-refractivity contribution < 1.29 is 14.3 Å². The molecule has 0 aliphatic carbocycles. The van der Waals surface area contributed by atoms with Gasteiger partial charge >= 0.3 is 5.97 Å². The number of hydrogen-bond acceptors (Lipinski definition) is 9. The Balaban J connectivity index is 2.78. The van der Waals surface area contributed by atoms with Gasteiger partial charge in [0.15, 0.2) is 9.91 Å². The summed E-state index contributed by atoms with van der Waals surface area (Å²) < 4.78 is 11.1. The van der Waals surface area contributed by atoms with Gasteiger partial charge in [0, 0.05) is 12.3 Å². The molecule has 0 radical (unpaired) electrons. The van der Waals surface area contributed by atoms with Gasteiger partial charge in [0.2, 0.25) is 0 Å². The normalized spacial score (nSPS) is 11.8. The van der Waals surface area contributed by atoms with E-state index < -0.39 is 5.97 Å². The predicted molar refractivity (Wildman–Crippen MR) is 93.5 cm³/mol. The summed E-state index contributed by atoms with van der Waals surface area (Å²) in [5.74, 6) is -0.678. The van der Waals surface area contributed by atoms with Gasteiger partial charge in [0.25, 0.3) is 0 Å². The van der Waals surface area contributed by atoms with Crippen molar-refractivity contribution in [1.29, 1.82) is 5.26 Å². The van der Waals surface area contributed by atoms with E-state index in [2.05, 4.69) is 15.5 Å². The maximum atomic E-state index is 12.1. The van der Waals surface area contributed by atoms with Crippen LogP contribution in [0.3, 0.4) is 0 Å². The van der Waals surface area contributed by atoms with Crippen molar-refractivity contribution >= 4 is 29.1 Å². The van der Waals surface area contributed by atoms with E-state index in [-0.39, 0.29) is 18.1 Å². The maximum Gasteiger partial charge on any atom is 0.350 e. The molecule has 1 heterocycles. The van der Waals surface area contributed by atoms with Gasteiger partial charge < -0.3 is 14.8 Å². The number of esters is 1. The monoisotopic (exact) mass is 370 g/mol. The average molecular weight is 371 g/mol. The van der Waals surface area contributed by atoms with Gasteiger partial charge in [0.1, 0.15) is 17.7 Å². The highest BCUT2D eigenvalue weighted by molar-refractivity contribution is 8.00. The Morgan fingerprint density at radius 2 is 2.17 bits per heavy atom. The van der Waals surface area contributed by atoms with Crippen LogP contribution in [0.15, 0.2) is 15.6 Å². The Hall–Kier alpha value is -1.63. The van der Waals surface area contributed by atoms with Gasteiger partial charge in [-0.05, 0) is 19.1 Å². The lowest BCUT2D eigenvalue weighted by Crippen LogP contribution is -2.23. The van der Waals surface area contributed by atoms with Crippen LogP contribution < -0.4 is 5.32 Å². The molecule has 0 aromatic carbocycles. The quantitative estimate of drug-likeness (QED) is 0.220. The molecule has 0 aliphatic rings. The molecule has 0 saturated carbocycles. The SMILES string of the molecule is CCOCCOC(=O)/C(C#N)=C(/NCc1nnc(SC)s1)C(C)C. The van der Waals surface area contributed by atoms with Crippen LogP contribution in [0.1, 0.15) is 25.8 Å². The molecule has 0 aliphatic heterocycles. The Morgan fingerprint density at radius 3 is 2.71 bits per heavy atom. The van der Waals surface area contributed by atoms with Crippen molar-refractivity contribution in [2.45, 2.75) is 31.7 Å². The molecule has 24 heavy (non-hydrogen) atoms. The van der Waals surface area contributed by atoms with Crippen LogP contribution in [0, 0.1) is 17.2 Å². The van der Waals surface area contributed by atoms with Crippen molar-refractivity contribution in [3.63, 3.8) is 0 Å². The first-order valence-corrected chi connectivity index (χ1v) is 9.56. The minimum Gasteiger partial charge on any atom is -0.459 e. The number of aromatic nitrogens is 2. The van der Waals surface area contributed by atoms with Crippen molar-refractivity contribution in [2.24, 2.45) is 5.92 Å². The first-order chi connectivity index (χ1) is 11.5. The largest absolute Gasteiger partial charge is 0.459 e. The molecule has 9 heteroatoms. The van der Waals surface area contributed by atoms with Gasteiger partial charge in [-0.25, -0.2) is 4.79 Å². The molecule has 7 nitrogen and oxygen atoms in total. The van der Waals surface area contributed by atoms with Gasteiger partial charge in [-0.2, -0.15) is 5.26 Å². The standard InChI is InChI=1S/C15H22N4O3S2/c1-5-21-6-7-22-14(20)11(8-16)13(10(2)3)17-9-12-18-19-15(23-4)24-12/h10,17H,5-7,9H2,1-4H3/b13-11+. The van der Waals surface area contributed by atoms with E-state index in [1.165, 1.54) is 23.1 Å². The van der Waals surface area contributed by atoms with Crippen LogP contribution in [0.4, 0.5) is 0 Å². The number of nitrogens with zero attached hydrogens (tertiary/aromatic N) is 3. The number of carbonyl (C=O) groups is 1. The van der Waals surface area contributed by atoms with E-state index >= 15 is 0 Å². The third-order valence-electron chi connectivity index (χ3n) is 2.88. The minimum absolute atomic E-state index is 0.0175. The van der Waals surface area contributed by atoms with Crippen molar-refractivity contribution in [2.75, 3.05) is 26.1 Å². The smallest absolute Gasteiger partial charge is 0.350 e. The Morgan fingerprint density at radius 1 is 1.42 bits per heavy atom. The van der Waals surface area contributed by atoms with Crippen molar-refractivity contribution in [3.8, 4) is 6.07 Å². The molecule has 1 N–H and O–H groups in total. The molecule has 0 bridgehead atoms. The molecular formula is C15H22N4O3S2. The summed E-state index contributed by atoms with van der Waals surface area (Å²) in [6.45, 7) is 7.06. The lowest BCUT2D eigenvalue weighted by atomic mass is 10.0. The van der Waals surface area contributed by atoms with E-state index in [0.717, 1.165) is 9.35 Å². The lowest BCUT2D eigenvalue weighted by molar-refractivity contribution is -0.140. The van der Waals surface area contributed by atoms with Crippen LogP contribution in [0.2, 0.25) is 0 Å². The Bertz CT molecular complexity index is 608. The molecule has 132 valence electrons. The fourth-order valence-electron chi connectivity index (χ4n) is 1.77. The van der Waals surface area contributed by atoms with Crippen LogP contribution in [-0.4, -0.2) is 42.2 Å². The molecule has 0 fully saturated rings. The van der Waals surface area contributed by atoms with Crippen LogP contribution >= 0.6 is 23.1 Å². The molecule has 0 spiro atoms. The summed E-state index contributed by atoms with van der Waals surface area (Å²) in [5.41, 5.74) is 0.524. The highest BCUT2D eigenvalue weighted by Crippen LogP contribution is 2.20. The van der Waals surface area contributed by atoms with E-state index in [1.807, 2.05) is 33.1 Å². The summed E-state index contributed by atoms with van der Waals surface area (Å²) >= 11 is 3.00. The zero-order chi connectivity index (χ0) is 17.9. The summed E-state index contributed by atoms with van der Waals surface area (Å²) in [6, 6.07) is 1.94. The molecule has 0 unspecified atom stereocenters. The second kappa shape index (κ2) is 11.0. The van der Waals surface area contributed by atoms with Crippen LogP contribution in [-0.2, 0) is 20.8 Å². The first kappa shape index (κ1) is 20.4.